The molecular weight excluding hydrogens is 218 g/mol. The number of likely N-dealkylation sites (N-methyl/N-ethyl adjacent to an activating group) is 1. The van der Waals surface area contributed by atoms with Crippen molar-refractivity contribution in [2.45, 2.75) is 19.4 Å². The van der Waals surface area contributed by atoms with Crippen molar-refractivity contribution in [1.29, 1.82) is 0 Å². The van der Waals surface area contributed by atoms with Crippen LogP contribution in [-0.2, 0) is 9.53 Å². The van der Waals surface area contributed by atoms with Crippen molar-refractivity contribution in [2.75, 3.05) is 25.7 Å². The van der Waals surface area contributed by atoms with E-state index in [0.717, 1.165) is 11.3 Å². The fourth-order valence-electron chi connectivity index (χ4n) is 1.70. The Hall–Kier alpha value is -1.55. The number of carboxylic acids is 1. The number of aliphatic carboxylic acids is 1. The van der Waals surface area contributed by atoms with Crippen molar-refractivity contribution in [2.24, 2.45) is 0 Å². The molecule has 1 N–H and O–H groups in total. The van der Waals surface area contributed by atoms with Crippen molar-refractivity contribution in [3.8, 4) is 0 Å². The summed E-state index contributed by atoms with van der Waals surface area (Å²) < 4.78 is 5.02. The summed E-state index contributed by atoms with van der Waals surface area (Å²) in [5.41, 5.74) is 0.897. The monoisotopic (exact) mass is 237 g/mol. The summed E-state index contributed by atoms with van der Waals surface area (Å²) in [5, 5.41) is 9.34. The summed E-state index contributed by atoms with van der Waals surface area (Å²) in [6.07, 6.45) is 0. The second-order valence-corrected chi connectivity index (χ2v) is 4.41. The van der Waals surface area contributed by atoms with Crippen LogP contribution in [-0.4, -0.2) is 37.4 Å². The van der Waals surface area contributed by atoms with Crippen LogP contribution in [0.1, 0.15) is 12.5 Å². The smallest absolute Gasteiger partial charge is 0.331 e. The number of nitrogens with zero attached hydrogens (tertiary/aromatic N) is 1. The number of anilines is 1. The molecular formula is C13H19NO3. The van der Waals surface area contributed by atoms with Crippen molar-refractivity contribution < 1.29 is 14.6 Å². The molecule has 4 nitrogen and oxygen atoms in total. The zero-order chi connectivity index (χ0) is 13.1. The molecule has 0 aliphatic rings. The molecule has 1 rings (SSSR count). The Morgan fingerprint density at radius 3 is 2.65 bits per heavy atom. The second kappa shape index (κ2) is 5.19. The lowest BCUT2D eigenvalue weighted by Crippen LogP contribution is -2.54. The molecule has 0 aliphatic heterocycles. The predicted octanol–water partition coefficient (Wildman–Crippen LogP) is 1.92. The molecule has 0 amide bonds. The lowest BCUT2D eigenvalue weighted by atomic mass is 10.0. The van der Waals surface area contributed by atoms with Crippen LogP contribution in [0, 0.1) is 6.92 Å². The topological polar surface area (TPSA) is 49.8 Å². The Labute approximate surface area is 102 Å². The highest BCUT2D eigenvalue weighted by atomic mass is 16.5. The van der Waals surface area contributed by atoms with E-state index in [0.29, 0.717) is 0 Å². The van der Waals surface area contributed by atoms with Crippen molar-refractivity contribution in [1.82, 2.24) is 0 Å². The highest BCUT2D eigenvalue weighted by molar-refractivity contribution is 5.83. The van der Waals surface area contributed by atoms with E-state index in [9.17, 15) is 9.90 Å². The van der Waals surface area contributed by atoms with E-state index in [1.165, 1.54) is 7.11 Å². The fraction of sp³-hybridized carbons (Fsp3) is 0.462. The van der Waals surface area contributed by atoms with Gasteiger partial charge in [0, 0.05) is 19.8 Å². The summed E-state index contributed by atoms with van der Waals surface area (Å²) in [7, 11) is 3.27. The Morgan fingerprint density at radius 2 is 2.18 bits per heavy atom. The van der Waals surface area contributed by atoms with Gasteiger partial charge in [-0.15, -0.1) is 0 Å². The molecule has 1 unspecified atom stereocenters. The Morgan fingerprint density at radius 1 is 1.53 bits per heavy atom. The largest absolute Gasteiger partial charge is 0.479 e. The Bertz CT molecular complexity index is 405. The van der Waals surface area contributed by atoms with E-state index in [4.69, 9.17) is 4.74 Å². The molecule has 0 saturated carbocycles. The minimum absolute atomic E-state index is 0.132. The quantitative estimate of drug-likeness (QED) is 0.850. The SMILES string of the molecule is COCC(C)(C(=O)O)N(C)c1cccc(C)c1. The minimum atomic E-state index is -1.07. The van der Waals surface area contributed by atoms with Crippen LogP contribution in [0.15, 0.2) is 24.3 Å². The minimum Gasteiger partial charge on any atom is -0.479 e. The van der Waals surface area contributed by atoms with Gasteiger partial charge in [0.2, 0.25) is 0 Å². The highest BCUT2D eigenvalue weighted by Crippen LogP contribution is 2.24. The first-order chi connectivity index (χ1) is 7.91. The third-order valence-corrected chi connectivity index (χ3v) is 3.02. The molecule has 0 spiro atoms. The summed E-state index contributed by atoms with van der Waals surface area (Å²) in [4.78, 5) is 13.1. The standard InChI is InChI=1S/C13H19NO3/c1-10-6-5-7-11(8-10)14(3)13(2,9-17-4)12(15)16/h5-8H,9H2,1-4H3,(H,15,16). The first kappa shape index (κ1) is 13.5. The third kappa shape index (κ3) is 2.77. The van der Waals surface area contributed by atoms with Gasteiger partial charge in [0.05, 0.1) is 6.61 Å². The van der Waals surface area contributed by atoms with Crippen molar-refractivity contribution in [3.63, 3.8) is 0 Å². The van der Waals surface area contributed by atoms with Gasteiger partial charge in [-0.25, -0.2) is 4.79 Å². The number of hydrogen-bond acceptors (Lipinski definition) is 3. The van der Waals surface area contributed by atoms with Crippen LogP contribution in [0.2, 0.25) is 0 Å². The first-order valence-corrected chi connectivity index (χ1v) is 5.44. The van der Waals surface area contributed by atoms with Gasteiger partial charge in [0.1, 0.15) is 0 Å². The number of hydrogen-bond donors (Lipinski definition) is 1. The summed E-state index contributed by atoms with van der Waals surface area (Å²) >= 11 is 0. The lowest BCUT2D eigenvalue weighted by molar-refractivity contribution is -0.144. The van der Waals surface area contributed by atoms with Gasteiger partial charge in [-0.05, 0) is 31.5 Å². The zero-order valence-electron chi connectivity index (χ0n) is 10.7. The molecule has 0 radical (unpaired) electrons. The maximum absolute atomic E-state index is 11.4. The molecule has 1 atom stereocenters. The zero-order valence-corrected chi connectivity index (χ0v) is 10.7. The van der Waals surface area contributed by atoms with Crippen LogP contribution in [0.3, 0.4) is 0 Å². The fourth-order valence-corrected chi connectivity index (χ4v) is 1.70. The molecule has 1 aromatic rings. The first-order valence-electron chi connectivity index (χ1n) is 5.44. The number of methoxy groups -OCH3 is 1. The van der Waals surface area contributed by atoms with E-state index in [1.54, 1.807) is 18.9 Å². The molecule has 0 bridgehead atoms. The van der Waals surface area contributed by atoms with Crippen LogP contribution in [0.4, 0.5) is 5.69 Å². The van der Waals surface area contributed by atoms with Crippen LogP contribution >= 0.6 is 0 Å². The molecule has 94 valence electrons. The van der Waals surface area contributed by atoms with E-state index >= 15 is 0 Å². The number of rotatable bonds is 5. The van der Waals surface area contributed by atoms with E-state index in [2.05, 4.69) is 0 Å². The van der Waals surface area contributed by atoms with Gasteiger partial charge < -0.3 is 14.7 Å². The molecule has 0 fully saturated rings. The molecule has 0 heterocycles. The Balaban J connectivity index is 3.08. The van der Waals surface area contributed by atoms with Crippen molar-refractivity contribution >= 4 is 11.7 Å². The van der Waals surface area contributed by atoms with Gasteiger partial charge in [0.25, 0.3) is 0 Å². The van der Waals surface area contributed by atoms with Gasteiger partial charge >= 0.3 is 5.97 Å². The van der Waals surface area contributed by atoms with Gasteiger partial charge in [-0.2, -0.15) is 0 Å². The van der Waals surface area contributed by atoms with Gasteiger partial charge in [-0.3, -0.25) is 0 Å². The molecule has 1 aromatic carbocycles. The van der Waals surface area contributed by atoms with E-state index < -0.39 is 11.5 Å². The molecule has 0 aliphatic carbocycles. The van der Waals surface area contributed by atoms with Crippen LogP contribution < -0.4 is 4.90 Å². The third-order valence-electron chi connectivity index (χ3n) is 3.02. The van der Waals surface area contributed by atoms with Gasteiger partial charge in [-0.1, -0.05) is 12.1 Å². The summed E-state index contributed by atoms with van der Waals surface area (Å²) in [6.45, 7) is 3.76. The summed E-state index contributed by atoms with van der Waals surface area (Å²) in [5.74, 6) is -0.900. The van der Waals surface area contributed by atoms with E-state index in [-0.39, 0.29) is 6.61 Å². The maximum Gasteiger partial charge on any atom is 0.331 e. The molecule has 4 heteroatoms. The number of carbonyl (C=O) groups is 1. The van der Waals surface area contributed by atoms with Crippen LogP contribution in [0.25, 0.3) is 0 Å². The number of aryl methyl sites for hydroxylation is 1. The molecule has 17 heavy (non-hydrogen) atoms. The molecule has 0 saturated heterocycles. The summed E-state index contributed by atoms with van der Waals surface area (Å²) in [6, 6.07) is 7.74. The van der Waals surface area contributed by atoms with E-state index in [1.807, 2.05) is 31.2 Å². The lowest BCUT2D eigenvalue weighted by Gasteiger charge is -2.36. The predicted molar refractivity (Wildman–Crippen MR) is 67.5 cm³/mol. The van der Waals surface area contributed by atoms with Crippen molar-refractivity contribution in [3.05, 3.63) is 29.8 Å². The normalized spacial score (nSPS) is 14.1. The number of benzene rings is 1. The number of carboxylic acid groups (broad SMARTS) is 1. The van der Waals surface area contributed by atoms with Gasteiger partial charge in [0.15, 0.2) is 5.54 Å². The average Bonchev–Trinajstić information content (AvgIpc) is 2.28. The van der Waals surface area contributed by atoms with Crippen LogP contribution in [0.5, 0.6) is 0 Å². The highest BCUT2D eigenvalue weighted by Gasteiger charge is 2.38. The second-order valence-electron chi connectivity index (χ2n) is 4.41. The number of ether oxygens (including phenoxy) is 1. The maximum atomic E-state index is 11.4. The Kier molecular flexibility index (Phi) is 4.12. The molecule has 0 aromatic heterocycles. The average molecular weight is 237 g/mol.